The summed E-state index contributed by atoms with van der Waals surface area (Å²) in [6, 6.07) is 8.79. The molecule has 1 saturated heterocycles. The highest BCUT2D eigenvalue weighted by atomic mass is 16.3. The fourth-order valence-corrected chi connectivity index (χ4v) is 2.80. The first-order chi connectivity index (χ1) is 11.7. The van der Waals surface area contributed by atoms with Crippen LogP contribution in [0.1, 0.15) is 37.8 Å². The van der Waals surface area contributed by atoms with E-state index in [1.165, 1.54) is 37.1 Å². The fraction of sp³-hybridized carbons (Fsp3) is 0.632. The predicted octanol–water partition coefficient (Wildman–Crippen LogP) is 1.97. The van der Waals surface area contributed by atoms with Gasteiger partial charge in [0.25, 0.3) is 0 Å². The lowest BCUT2D eigenvalue weighted by Gasteiger charge is -2.15. The molecule has 0 amide bonds. The van der Waals surface area contributed by atoms with Gasteiger partial charge < -0.3 is 15.7 Å². The van der Waals surface area contributed by atoms with Crippen molar-refractivity contribution >= 4 is 5.96 Å². The molecule has 0 spiro atoms. The Morgan fingerprint density at radius 3 is 2.46 bits per heavy atom. The molecule has 2 rings (SSSR count). The standard InChI is InChI=1S/C19H32N4O/c1-3-20-19(21-12-16(2)15-24)22-13-17-6-8-18(9-7-17)14-23-10-4-5-11-23/h6-9,16,24H,3-5,10-15H2,1-2H3,(H2,20,21,22). The quantitative estimate of drug-likeness (QED) is 0.503. The third-order valence-electron chi connectivity index (χ3n) is 4.32. The lowest BCUT2D eigenvalue weighted by molar-refractivity contribution is 0.238. The van der Waals surface area contributed by atoms with E-state index >= 15 is 0 Å². The van der Waals surface area contributed by atoms with Crippen molar-refractivity contribution in [2.75, 3.05) is 32.8 Å². The molecule has 5 heteroatoms. The van der Waals surface area contributed by atoms with Crippen LogP contribution in [0.2, 0.25) is 0 Å². The van der Waals surface area contributed by atoms with Crippen LogP contribution in [-0.4, -0.2) is 48.8 Å². The van der Waals surface area contributed by atoms with Crippen molar-refractivity contribution in [2.45, 2.75) is 39.8 Å². The van der Waals surface area contributed by atoms with E-state index in [1.54, 1.807) is 0 Å². The second kappa shape index (κ2) is 10.3. The highest BCUT2D eigenvalue weighted by molar-refractivity contribution is 5.79. The maximum Gasteiger partial charge on any atom is 0.191 e. The maximum atomic E-state index is 9.11. The minimum absolute atomic E-state index is 0.185. The summed E-state index contributed by atoms with van der Waals surface area (Å²) in [5.41, 5.74) is 2.60. The van der Waals surface area contributed by atoms with Crippen LogP contribution in [0, 0.1) is 5.92 Å². The van der Waals surface area contributed by atoms with Gasteiger partial charge in [0.2, 0.25) is 0 Å². The highest BCUT2D eigenvalue weighted by Gasteiger charge is 2.11. The van der Waals surface area contributed by atoms with Crippen molar-refractivity contribution in [3.63, 3.8) is 0 Å². The van der Waals surface area contributed by atoms with Gasteiger partial charge in [-0.1, -0.05) is 31.2 Å². The molecule has 1 unspecified atom stereocenters. The number of likely N-dealkylation sites (tertiary alicyclic amines) is 1. The zero-order valence-electron chi connectivity index (χ0n) is 15.1. The molecule has 5 nitrogen and oxygen atoms in total. The van der Waals surface area contributed by atoms with Crippen molar-refractivity contribution < 1.29 is 5.11 Å². The zero-order chi connectivity index (χ0) is 17.2. The van der Waals surface area contributed by atoms with E-state index < -0.39 is 0 Å². The molecular weight excluding hydrogens is 300 g/mol. The average Bonchev–Trinajstić information content (AvgIpc) is 3.11. The predicted molar refractivity (Wildman–Crippen MR) is 100 cm³/mol. The van der Waals surface area contributed by atoms with Gasteiger partial charge in [0.1, 0.15) is 0 Å². The first kappa shape index (κ1) is 18.7. The number of guanidine groups is 1. The van der Waals surface area contributed by atoms with E-state index in [0.29, 0.717) is 6.54 Å². The number of aliphatic hydroxyl groups excluding tert-OH is 1. The Morgan fingerprint density at radius 2 is 1.83 bits per heavy atom. The number of rotatable bonds is 8. The summed E-state index contributed by atoms with van der Waals surface area (Å²) in [4.78, 5) is 7.14. The number of benzene rings is 1. The number of hydrogen-bond donors (Lipinski definition) is 3. The van der Waals surface area contributed by atoms with Gasteiger partial charge in [0.05, 0.1) is 6.54 Å². The molecule has 0 aliphatic carbocycles. The number of aliphatic imine (C=N–C) groups is 1. The van der Waals surface area contributed by atoms with E-state index in [-0.39, 0.29) is 12.5 Å². The Morgan fingerprint density at radius 1 is 1.17 bits per heavy atom. The maximum absolute atomic E-state index is 9.11. The molecule has 0 radical (unpaired) electrons. The van der Waals surface area contributed by atoms with Gasteiger partial charge in [0, 0.05) is 26.2 Å². The smallest absolute Gasteiger partial charge is 0.191 e. The normalized spacial score (nSPS) is 17.0. The Hall–Kier alpha value is -1.59. The lowest BCUT2D eigenvalue weighted by atomic mass is 10.1. The molecule has 134 valence electrons. The largest absolute Gasteiger partial charge is 0.396 e. The molecule has 0 saturated carbocycles. The minimum Gasteiger partial charge on any atom is -0.396 e. The Balaban J connectivity index is 1.85. The molecule has 1 aromatic carbocycles. The summed E-state index contributed by atoms with van der Waals surface area (Å²) in [5, 5.41) is 15.6. The second-order valence-electron chi connectivity index (χ2n) is 6.66. The summed E-state index contributed by atoms with van der Waals surface area (Å²) < 4.78 is 0. The van der Waals surface area contributed by atoms with Crippen molar-refractivity contribution in [1.82, 2.24) is 15.5 Å². The van der Waals surface area contributed by atoms with E-state index in [4.69, 9.17) is 5.11 Å². The van der Waals surface area contributed by atoms with Crippen LogP contribution in [0.4, 0.5) is 0 Å². The van der Waals surface area contributed by atoms with Crippen LogP contribution in [0.25, 0.3) is 0 Å². The van der Waals surface area contributed by atoms with Gasteiger partial charge in [-0.3, -0.25) is 4.90 Å². The Bertz CT molecular complexity index is 495. The number of nitrogens with one attached hydrogen (secondary N) is 2. The van der Waals surface area contributed by atoms with Gasteiger partial charge >= 0.3 is 0 Å². The van der Waals surface area contributed by atoms with Gasteiger partial charge in [-0.15, -0.1) is 0 Å². The molecule has 1 fully saturated rings. The topological polar surface area (TPSA) is 59.9 Å². The molecule has 1 heterocycles. The van der Waals surface area contributed by atoms with Crippen molar-refractivity contribution in [3.8, 4) is 0 Å². The third kappa shape index (κ3) is 6.49. The van der Waals surface area contributed by atoms with Crippen molar-refractivity contribution in [2.24, 2.45) is 10.9 Å². The summed E-state index contributed by atoms with van der Waals surface area (Å²) in [7, 11) is 0. The number of aliphatic hydroxyl groups is 1. The van der Waals surface area contributed by atoms with E-state index in [2.05, 4.69) is 51.7 Å². The monoisotopic (exact) mass is 332 g/mol. The Kier molecular flexibility index (Phi) is 8.05. The van der Waals surface area contributed by atoms with Crippen LogP contribution in [0.5, 0.6) is 0 Å². The molecule has 1 aliphatic rings. The zero-order valence-corrected chi connectivity index (χ0v) is 15.1. The second-order valence-corrected chi connectivity index (χ2v) is 6.66. The highest BCUT2D eigenvalue weighted by Crippen LogP contribution is 2.13. The molecule has 0 bridgehead atoms. The first-order valence-electron chi connectivity index (χ1n) is 9.14. The van der Waals surface area contributed by atoms with Crippen LogP contribution in [0.3, 0.4) is 0 Å². The lowest BCUT2D eigenvalue weighted by Crippen LogP contribution is -2.39. The summed E-state index contributed by atoms with van der Waals surface area (Å²) >= 11 is 0. The van der Waals surface area contributed by atoms with Gasteiger partial charge in [-0.25, -0.2) is 4.99 Å². The average molecular weight is 332 g/mol. The number of nitrogens with zero attached hydrogens (tertiary/aromatic N) is 2. The molecule has 1 aliphatic heterocycles. The fourth-order valence-electron chi connectivity index (χ4n) is 2.80. The summed E-state index contributed by atoms with van der Waals surface area (Å²) in [6.07, 6.45) is 2.67. The van der Waals surface area contributed by atoms with Crippen LogP contribution < -0.4 is 10.6 Å². The SMILES string of the molecule is CCNC(=NCc1ccc(CN2CCCC2)cc1)NCC(C)CO. The summed E-state index contributed by atoms with van der Waals surface area (Å²) in [5.74, 6) is 1.03. The van der Waals surface area contributed by atoms with Crippen molar-refractivity contribution in [3.05, 3.63) is 35.4 Å². The van der Waals surface area contributed by atoms with Gasteiger partial charge in [0.15, 0.2) is 5.96 Å². The molecular formula is C19H32N4O. The van der Waals surface area contributed by atoms with Crippen LogP contribution >= 0.6 is 0 Å². The molecule has 24 heavy (non-hydrogen) atoms. The summed E-state index contributed by atoms with van der Waals surface area (Å²) in [6.45, 7) is 9.98. The van der Waals surface area contributed by atoms with Crippen LogP contribution in [0.15, 0.2) is 29.3 Å². The Labute approximate surface area is 146 Å². The van der Waals surface area contributed by atoms with E-state index in [9.17, 15) is 0 Å². The number of hydrogen-bond acceptors (Lipinski definition) is 3. The first-order valence-corrected chi connectivity index (χ1v) is 9.14. The third-order valence-corrected chi connectivity index (χ3v) is 4.32. The van der Waals surface area contributed by atoms with Gasteiger partial charge in [-0.05, 0) is 49.9 Å². The minimum atomic E-state index is 0.185. The van der Waals surface area contributed by atoms with E-state index in [1.807, 2.05) is 6.92 Å². The van der Waals surface area contributed by atoms with Crippen molar-refractivity contribution in [1.29, 1.82) is 0 Å². The molecule has 0 aromatic heterocycles. The molecule has 3 N–H and O–H groups in total. The van der Waals surface area contributed by atoms with E-state index in [0.717, 1.165) is 25.6 Å². The van der Waals surface area contributed by atoms with Crippen LogP contribution in [-0.2, 0) is 13.1 Å². The molecule has 1 aromatic rings. The van der Waals surface area contributed by atoms with Gasteiger partial charge in [-0.2, -0.15) is 0 Å². The molecule has 1 atom stereocenters.